The maximum Gasteiger partial charge on any atom is 0.129 e. The van der Waals surface area contributed by atoms with E-state index in [2.05, 4.69) is 38.0 Å². The fraction of sp³-hybridized carbons (Fsp3) is 0.308. The second kappa shape index (κ2) is 3.67. The van der Waals surface area contributed by atoms with Crippen LogP contribution in [0, 0.1) is 20.8 Å². The van der Waals surface area contributed by atoms with E-state index < -0.39 is 0 Å². The van der Waals surface area contributed by atoms with Gasteiger partial charge in [-0.25, -0.2) is 0 Å². The molecule has 2 rings (SSSR count). The molecule has 0 bridgehead atoms. The smallest absolute Gasteiger partial charge is 0.129 e. The van der Waals surface area contributed by atoms with Crippen LogP contribution in [-0.4, -0.2) is 9.78 Å². The summed E-state index contributed by atoms with van der Waals surface area (Å²) in [5, 5.41) is 4.18. The van der Waals surface area contributed by atoms with Gasteiger partial charge in [0.15, 0.2) is 0 Å². The Morgan fingerprint density at radius 1 is 1.00 bits per heavy atom. The quantitative estimate of drug-likeness (QED) is 0.794. The zero-order valence-corrected chi connectivity index (χ0v) is 10.2. The molecule has 16 heavy (non-hydrogen) atoms. The molecule has 0 fully saturated rings. The zero-order chi connectivity index (χ0) is 11.9. The third kappa shape index (κ3) is 1.58. The Labute approximate surface area is 95.9 Å². The summed E-state index contributed by atoms with van der Waals surface area (Å²) in [6, 6.07) is 4.37. The van der Waals surface area contributed by atoms with Gasteiger partial charge in [0.1, 0.15) is 5.82 Å². The minimum Gasteiger partial charge on any atom is -0.383 e. The Kier molecular flexibility index (Phi) is 2.46. The van der Waals surface area contributed by atoms with Crippen molar-refractivity contribution in [2.75, 3.05) is 5.73 Å². The van der Waals surface area contributed by atoms with Crippen molar-refractivity contribution in [1.82, 2.24) is 9.78 Å². The van der Waals surface area contributed by atoms with Crippen molar-refractivity contribution < 1.29 is 0 Å². The van der Waals surface area contributed by atoms with E-state index in [-0.39, 0.29) is 0 Å². The van der Waals surface area contributed by atoms with E-state index in [0.29, 0.717) is 5.82 Å². The van der Waals surface area contributed by atoms with Crippen molar-refractivity contribution in [2.24, 2.45) is 7.05 Å². The second-order valence-corrected chi connectivity index (χ2v) is 4.32. The summed E-state index contributed by atoms with van der Waals surface area (Å²) in [6.45, 7) is 6.34. The van der Waals surface area contributed by atoms with Crippen LogP contribution in [-0.2, 0) is 7.05 Å². The molecule has 0 unspecified atom stereocenters. The maximum atomic E-state index is 5.99. The third-order valence-corrected chi connectivity index (χ3v) is 3.12. The van der Waals surface area contributed by atoms with Gasteiger partial charge < -0.3 is 5.73 Å². The molecule has 3 nitrogen and oxygen atoms in total. The van der Waals surface area contributed by atoms with Crippen LogP contribution in [0.3, 0.4) is 0 Å². The highest BCUT2D eigenvalue weighted by Crippen LogP contribution is 2.30. The highest BCUT2D eigenvalue weighted by Gasteiger charge is 2.10. The summed E-state index contributed by atoms with van der Waals surface area (Å²) >= 11 is 0. The number of hydrogen-bond donors (Lipinski definition) is 1. The third-order valence-electron chi connectivity index (χ3n) is 3.12. The molecule has 0 aliphatic heterocycles. The van der Waals surface area contributed by atoms with Crippen molar-refractivity contribution in [1.29, 1.82) is 0 Å². The average Bonchev–Trinajstić information content (AvgIpc) is 2.54. The van der Waals surface area contributed by atoms with Crippen molar-refractivity contribution >= 4 is 5.82 Å². The van der Waals surface area contributed by atoms with E-state index in [1.807, 2.05) is 13.2 Å². The van der Waals surface area contributed by atoms with Crippen LogP contribution >= 0.6 is 0 Å². The van der Waals surface area contributed by atoms with E-state index in [0.717, 1.165) is 5.56 Å². The molecule has 0 aliphatic carbocycles. The molecule has 0 spiro atoms. The number of benzene rings is 1. The van der Waals surface area contributed by atoms with Gasteiger partial charge in [0.05, 0.1) is 6.20 Å². The Hall–Kier alpha value is -1.77. The molecule has 0 saturated heterocycles. The van der Waals surface area contributed by atoms with Gasteiger partial charge >= 0.3 is 0 Å². The predicted octanol–water partition coefficient (Wildman–Crippen LogP) is 2.59. The van der Waals surface area contributed by atoms with Crippen LogP contribution < -0.4 is 5.73 Å². The summed E-state index contributed by atoms with van der Waals surface area (Å²) in [5.74, 6) is 0.714. The van der Waals surface area contributed by atoms with Crippen LogP contribution in [0.5, 0.6) is 0 Å². The molecule has 1 aromatic heterocycles. The highest BCUT2D eigenvalue weighted by atomic mass is 15.3. The van der Waals surface area contributed by atoms with Crippen molar-refractivity contribution in [3.8, 4) is 11.1 Å². The number of nitrogens with zero attached hydrogens (tertiary/aromatic N) is 2. The van der Waals surface area contributed by atoms with Gasteiger partial charge in [-0.15, -0.1) is 0 Å². The molecule has 1 aromatic carbocycles. The first kappa shape index (κ1) is 10.7. The van der Waals surface area contributed by atoms with Gasteiger partial charge in [-0.05, 0) is 43.0 Å². The van der Waals surface area contributed by atoms with Crippen LogP contribution in [0.2, 0.25) is 0 Å². The molecule has 2 N–H and O–H groups in total. The van der Waals surface area contributed by atoms with Crippen LogP contribution in [0.15, 0.2) is 18.3 Å². The van der Waals surface area contributed by atoms with Gasteiger partial charge in [0.2, 0.25) is 0 Å². The Bertz CT molecular complexity index is 538. The van der Waals surface area contributed by atoms with E-state index in [1.54, 1.807) is 4.68 Å². The maximum absolute atomic E-state index is 5.99. The molecule has 3 heteroatoms. The first-order valence-corrected chi connectivity index (χ1v) is 5.36. The number of nitrogens with two attached hydrogens (primary N) is 1. The number of hydrogen-bond acceptors (Lipinski definition) is 2. The van der Waals surface area contributed by atoms with Crippen molar-refractivity contribution in [2.45, 2.75) is 20.8 Å². The van der Waals surface area contributed by atoms with Gasteiger partial charge in [-0.3, -0.25) is 4.68 Å². The van der Waals surface area contributed by atoms with Crippen LogP contribution in [0.1, 0.15) is 16.7 Å². The fourth-order valence-electron chi connectivity index (χ4n) is 1.91. The molecule has 0 amide bonds. The first-order chi connectivity index (χ1) is 7.50. The van der Waals surface area contributed by atoms with Crippen molar-refractivity contribution in [3.05, 3.63) is 35.0 Å². The zero-order valence-electron chi connectivity index (χ0n) is 10.2. The molecule has 84 valence electrons. The fourth-order valence-corrected chi connectivity index (χ4v) is 1.91. The summed E-state index contributed by atoms with van der Waals surface area (Å²) in [4.78, 5) is 0. The summed E-state index contributed by atoms with van der Waals surface area (Å²) in [7, 11) is 1.86. The normalized spacial score (nSPS) is 10.8. The first-order valence-electron chi connectivity index (χ1n) is 5.36. The van der Waals surface area contributed by atoms with Gasteiger partial charge in [-0.1, -0.05) is 12.1 Å². The minimum atomic E-state index is 0.714. The Morgan fingerprint density at radius 2 is 1.62 bits per heavy atom. The van der Waals surface area contributed by atoms with Crippen LogP contribution in [0.4, 0.5) is 5.82 Å². The topological polar surface area (TPSA) is 43.8 Å². The minimum absolute atomic E-state index is 0.714. The van der Waals surface area contributed by atoms with Gasteiger partial charge in [-0.2, -0.15) is 5.10 Å². The largest absolute Gasteiger partial charge is 0.383 e. The number of rotatable bonds is 1. The number of anilines is 1. The van der Waals surface area contributed by atoms with E-state index in [1.165, 1.54) is 22.3 Å². The molecular formula is C13H17N3. The number of aromatic nitrogens is 2. The Balaban J connectivity index is 2.65. The van der Waals surface area contributed by atoms with Crippen LogP contribution in [0.25, 0.3) is 11.1 Å². The summed E-state index contributed by atoms with van der Waals surface area (Å²) in [6.07, 6.45) is 1.83. The standard InChI is InChI=1S/C13H17N3/c1-8-5-10(3)11(6-9(8)2)12-7-15-16(4)13(12)14/h5-7H,14H2,1-4H3. The predicted molar refractivity (Wildman–Crippen MR) is 67.3 cm³/mol. The molecular weight excluding hydrogens is 198 g/mol. The number of aryl methyl sites for hydroxylation is 4. The summed E-state index contributed by atoms with van der Waals surface area (Å²) < 4.78 is 1.70. The summed E-state index contributed by atoms with van der Waals surface area (Å²) in [5.41, 5.74) is 12.0. The van der Waals surface area contributed by atoms with Gasteiger partial charge in [0.25, 0.3) is 0 Å². The lowest BCUT2D eigenvalue weighted by atomic mass is 9.97. The SMILES string of the molecule is Cc1cc(C)c(-c2cnn(C)c2N)cc1C. The lowest BCUT2D eigenvalue weighted by Gasteiger charge is -2.09. The average molecular weight is 215 g/mol. The monoisotopic (exact) mass is 215 g/mol. The van der Waals surface area contributed by atoms with Gasteiger partial charge in [0, 0.05) is 12.6 Å². The number of nitrogen functional groups attached to an aromatic ring is 1. The Morgan fingerprint density at radius 3 is 2.19 bits per heavy atom. The molecule has 0 atom stereocenters. The second-order valence-electron chi connectivity index (χ2n) is 4.32. The molecule has 0 aliphatic rings. The lowest BCUT2D eigenvalue weighted by molar-refractivity contribution is 0.779. The van der Waals surface area contributed by atoms with E-state index in [4.69, 9.17) is 5.73 Å². The molecule has 2 aromatic rings. The molecule has 1 heterocycles. The lowest BCUT2D eigenvalue weighted by Crippen LogP contribution is -1.98. The van der Waals surface area contributed by atoms with Crippen molar-refractivity contribution in [3.63, 3.8) is 0 Å². The molecule has 0 saturated carbocycles. The van der Waals surface area contributed by atoms with E-state index >= 15 is 0 Å². The highest BCUT2D eigenvalue weighted by molar-refractivity contribution is 5.76. The molecule has 0 radical (unpaired) electrons. The van der Waals surface area contributed by atoms with E-state index in [9.17, 15) is 0 Å².